The average Bonchev–Trinajstić information content (AvgIpc) is 2.42. The number of carbonyl (C=O) groups excluding carboxylic acids is 1. The molecule has 8 heavy (non-hydrogen) atoms. The summed E-state index contributed by atoms with van der Waals surface area (Å²) in [6, 6.07) is 0. The van der Waals surface area contributed by atoms with Crippen LogP contribution in [0.25, 0.3) is 0 Å². The van der Waals surface area contributed by atoms with Gasteiger partial charge in [0.1, 0.15) is 0 Å². The third kappa shape index (κ3) is 1.01. The predicted octanol–water partition coefficient (Wildman–Crippen LogP) is 0.787. The van der Waals surface area contributed by atoms with Gasteiger partial charge in [-0.05, 0) is 18.0 Å². The van der Waals surface area contributed by atoms with E-state index in [1.165, 1.54) is 0 Å². The molecule has 0 bridgehead atoms. The van der Waals surface area contributed by atoms with E-state index in [0.717, 1.165) is 6.42 Å². The van der Waals surface area contributed by atoms with E-state index in [4.69, 9.17) is 16.3 Å². The first-order valence-electron chi connectivity index (χ1n) is 2.48. The van der Waals surface area contributed by atoms with E-state index in [9.17, 15) is 4.79 Å². The first kappa shape index (κ1) is 6.05. The van der Waals surface area contributed by atoms with E-state index < -0.39 is 0 Å². The van der Waals surface area contributed by atoms with Crippen LogP contribution < -0.4 is 0 Å². The predicted molar refractivity (Wildman–Crippen MR) is 29.8 cm³/mol. The van der Waals surface area contributed by atoms with E-state index >= 15 is 0 Å². The highest BCUT2D eigenvalue weighted by Crippen LogP contribution is 2.34. The molecule has 1 rings (SSSR count). The van der Waals surface area contributed by atoms with Gasteiger partial charge in [-0.3, -0.25) is 4.79 Å². The maximum Gasteiger partial charge on any atom is 0.227 e. The molecule has 1 fully saturated rings. The lowest BCUT2D eigenvalue weighted by Crippen LogP contribution is -1.96. The Morgan fingerprint density at radius 1 is 1.88 bits per heavy atom. The van der Waals surface area contributed by atoms with Crippen molar-refractivity contribution in [1.29, 1.82) is 0 Å². The Bertz CT molecular complexity index is 113. The molecule has 0 aromatic carbocycles. The van der Waals surface area contributed by atoms with Crippen molar-refractivity contribution < 1.29 is 9.53 Å². The Morgan fingerprint density at radius 2 is 2.50 bits per heavy atom. The molecule has 0 saturated heterocycles. The highest BCUT2D eigenvalue weighted by Gasteiger charge is 2.42. The first-order chi connectivity index (χ1) is 3.75. The van der Waals surface area contributed by atoms with Crippen LogP contribution in [0.4, 0.5) is 0 Å². The van der Waals surface area contributed by atoms with Gasteiger partial charge >= 0.3 is 0 Å². The molecule has 46 valence electrons. The van der Waals surface area contributed by atoms with E-state index in [1.54, 1.807) is 7.11 Å². The maximum absolute atomic E-state index is 10.3. The zero-order valence-electron chi connectivity index (χ0n) is 4.56. The quantitative estimate of drug-likeness (QED) is 0.522. The van der Waals surface area contributed by atoms with Crippen LogP contribution in [0.2, 0.25) is 0 Å². The summed E-state index contributed by atoms with van der Waals surface area (Å²) < 4.78 is 4.83. The molecular formula is C5H7ClO2. The number of hydrogen-bond acceptors (Lipinski definition) is 2. The summed E-state index contributed by atoms with van der Waals surface area (Å²) in [4.78, 5) is 10.3. The smallest absolute Gasteiger partial charge is 0.227 e. The minimum absolute atomic E-state index is 0.0123. The van der Waals surface area contributed by atoms with Crippen LogP contribution in [-0.2, 0) is 9.53 Å². The number of halogens is 1. The number of ether oxygens (including phenoxy) is 1. The van der Waals surface area contributed by atoms with Gasteiger partial charge in [0.25, 0.3) is 0 Å². The molecule has 0 spiro atoms. The van der Waals surface area contributed by atoms with E-state index in [0.29, 0.717) is 0 Å². The van der Waals surface area contributed by atoms with Crippen LogP contribution in [0, 0.1) is 5.92 Å². The number of hydrogen-bond donors (Lipinski definition) is 0. The zero-order chi connectivity index (χ0) is 6.15. The summed E-state index contributed by atoms with van der Waals surface area (Å²) in [5, 5.41) is -0.267. The second kappa shape index (κ2) is 2.03. The minimum atomic E-state index is -0.267. The van der Waals surface area contributed by atoms with Gasteiger partial charge < -0.3 is 4.74 Å². The van der Waals surface area contributed by atoms with E-state index in [-0.39, 0.29) is 17.3 Å². The number of rotatable bonds is 2. The van der Waals surface area contributed by atoms with Gasteiger partial charge in [0, 0.05) is 7.11 Å². The fourth-order valence-electron chi connectivity index (χ4n) is 0.671. The highest BCUT2D eigenvalue weighted by atomic mass is 35.5. The largest absolute Gasteiger partial charge is 0.381 e. The molecule has 0 aromatic heterocycles. The Kier molecular flexibility index (Phi) is 1.54. The molecule has 2 atom stereocenters. The lowest BCUT2D eigenvalue weighted by atomic mass is 10.5. The van der Waals surface area contributed by atoms with Crippen LogP contribution in [0.3, 0.4) is 0 Å². The molecular weight excluding hydrogens is 128 g/mol. The van der Waals surface area contributed by atoms with Gasteiger partial charge in [-0.25, -0.2) is 0 Å². The van der Waals surface area contributed by atoms with Gasteiger partial charge in [0.05, 0.1) is 12.0 Å². The lowest BCUT2D eigenvalue weighted by Gasteiger charge is -1.87. The van der Waals surface area contributed by atoms with E-state index in [1.807, 2.05) is 0 Å². The summed E-state index contributed by atoms with van der Waals surface area (Å²) in [5.74, 6) is -0.0123. The Morgan fingerprint density at radius 3 is 2.62 bits per heavy atom. The first-order valence-corrected chi connectivity index (χ1v) is 2.85. The van der Waals surface area contributed by atoms with E-state index in [2.05, 4.69) is 0 Å². The molecule has 3 heteroatoms. The highest BCUT2D eigenvalue weighted by molar-refractivity contribution is 6.64. The minimum Gasteiger partial charge on any atom is -0.381 e. The molecule has 0 aromatic rings. The standard InChI is InChI=1S/C5H7ClO2/c1-8-4-2-3(4)5(6)7/h3-4H,2H2,1H3/t3-,4-/m1/s1. The van der Waals surface area contributed by atoms with Gasteiger partial charge in [0.15, 0.2) is 0 Å². The van der Waals surface area contributed by atoms with Crippen molar-refractivity contribution in [3.8, 4) is 0 Å². The van der Waals surface area contributed by atoms with Crippen molar-refractivity contribution in [3.63, 3.8) is 0 Å². The van der Waals surface area contributed by atoms with Crippen molar-refractivity contribution in [3.05, 3.63) is 0 Å². The van der Waals surface area contributed by atoms with Crippen molar-refractivity contribution in [2.75, 3.05) is 7.11 Å². The Labute approximate surface area is 52.8 Å². The average molecular weight is 135 g/mol. The maximum atomic E-state index is 10.3. The second-order valence-corrected chi connectivity index (χ2v) is 2.29. The van der Waals surface area contributed by atoms with Crippen LogP contribution in [0.15, 0.2) is 0 Å². The SMILES string of the molecule is CO[C@@H]1C[C@H]1C(=O)Cl. The molecule has 0 unspecified atom stereocenters. The van der Waals surface area contributed by atoms with Crippen molar-refractivity contribution in [2.24, 2.45) is 5.92 Å². The van der Waals surface area contributed by atoms with Crippen molar-refractivity contribution in [2.45, 2.75) is 12.5 Å². The Balaban J connectivity index is 2.26. The number of carbonyl (C=O) groups is 1. The topological polar surface area (TPSA) is 26.3 Å². The summed E-state index contributed by atoms with van der Waals surface area (Å²) in [7, 11) is 1.59. The van der Waals surface area contributed by atoms with Crippen LogP contribution in [0.1, 0.15) is 6.42 Å². The molecule has 1 aliphatic rings. The second-order valence-electron chi connectivity index (χ2n) is 1.92. The zero-order valence-corrected chi connectivity index (χ0v) is 5.31. The van der Waals surface area contributed by atoms with Gasteiger partial charge in [0.2, 0.25) is 5.24 Å². The summed E-state index contributed by atoms with van der Waals surface area (Å²) in [6.07, 6.45) is 0.916. The molecule has 0 amide bonds. The normalized spacial score (nSPS) is 34.8. The third-order valence-electron chi connectivity index (χ3n) is 1.33. The summed E-state index contributed by atoms with van der Waals surface area (Å²) in [5.41, 5.74) is 0. The molecule has 1 saturated carbocycles. The molecule has 0 radical (unpaired) electrons. The fourth-order valence-corrected chi connectivity index (χ4v) is 0.901. The van der Waals surface area contributed by atoms with Crippen LogP contribution >= 0.6 is 11.6 Å². The third-order valence-corrected chi connectivity index (χ3v) is 1.61. The monoisotopic (exact) mass is 134 g/mol. The fraction of sp³-hybridized carbons (Fsp3) is 0.800. The van der Waals surface area contributed by atoms with Crippen molar-refractivity contribution in [1.82, 2.24) is 0 Å². The lowest BCUT2D eigenvalue weighted by molar-refractivity contribution is -0.113. The molecule has 2 nitrogen and oxygen atoms in total. The van der Waals surface area contributed by atoms with Crippen LogP contribution in [-0.4, -0.2) is 18.5 Å². The Hall–Kier alpha value is -0.0800. The molecule has 1 aliphatic carbocycles. The molecule has 0 heterocycles. The number of methoxy groups -OCH3 is 1. The van der Waals surface area contributed by atoms with Gasteiger partial charge in [-0.15, -0.1) is 0 Å². The summed E-state index contributed by atoms with van der Waals surface area (Å²) >= 11 is 5.13. The van der Waals surface area contributed by atoms with Gasteiger partial charge in [-0.1, -0.05) is 0 Å². The van der Waals surface area contributed by atoms with Crippen molar-refractivity contribution >= 4 is 16.8 Å². The molecule has 0 aliphatic heterocycles. The summed E-state index contributed by atoms with van der Waals surface area (Å²) in [6.45, 7) is 0. The molecule has 0 N–H and O–H groups in total. The van der Waals surface area contributed by atoms with Gasteiger partial charge in [-0.2, -0.15) is 0 Å². The van der Waals surface area contributed by atoms with Crippen LogP contribution in [0.5, 0.6) is 0 Å².